The maximum atomic E-state index is 12.8. The second-order valence-electron chi connectivity index (χ2n) is 7.27. The van der Waals surface area contributed by atoms with E-state index in [1.165, 1.54) is 29.2 Å². The number of amides is 1. The molecule has 0 aromatic heterocycles. The van der Waals surface area contributed by atoms with E-state index in [0.29, 0.717) is 17.1 Å². The fourth-order valence-corrected chi connectivity index (χ4v) is 4.84. The number of carbonyl (C=O) groups is 2. The molecular formula is C22H20N2O6S. The van der Waals surface area contributed by atoms with Crippen molar-refractivity contribution in [3.8, 4) is 5.75 Å². The molecule has 2 aliphatic heterocycles. The summed E-state index contributed by atoms with van der Waals surface area (Å²) in [7, 11) is 0. The number of nitro groups is 1. The molecule has 1 fully saturated rings. The summed E-state index contributed by atoms with van der Waals surface area (Å²) in [5.74, 6) is 0.268. The number of benzene rings is 2. The molecule has 1 unspecified atom stereocenters. The van der Waals surface area contributed by atoms with Crippen molar-refractivity contribution in [2.24, 2.45) is 5.92 Å². The number of fused-ring (bicyclic) bond motifs is 1. The number of hydrogen-bond donors (Lipinski definition) is 0. The SMILES string of the molecule is CC1=C(C(=O)OCc2ccc([N+](=O)[O-])cc2)N2C(=O)C(COc3ccccc3)[C@@H]2SC1. The van der Waals surface area contributed by atoms with Gasteiger partial charge in [0.2, 0.25) is 5.91 Å². The Morgan fingerprint density at radius 3 is 2.58 bits per heavy atom. The number of esters is 1. The maximum absolute atomic E-state index is 12.8. The summed E-state index contributed by atoms with van der Waals surface area (Å²) in [5, 5.41) is 10.6. The molecule has 2 aromatic rings. The number of nitrogens with zero attached hydrogens (tertiary/aromatic N) is 2. The van der Waals surface area contributed by atoms with Crippen molar-refractivity contribution >= 4 is 29.3 Å². The number of non-ortho nitro benzene ring substituents is 1. The van der Waals surface area contributed by atoms with Crippen molar-refractivity contribution in [2.45, 2.75) is 18.9 Å². The molecule has 8 nitrogen and oxygen atoms in total. The quantitative estimate of drug-likeness (QED) is 0.281. The van der Waals surface area contributed by atoms with E-state index < -0.39 is 10.9 Å². The topological polar surface area (TPSA) is 99.0 Å². The Bertz CT molecular complexity index is 1040. The third-order valence-corrected chi connectivity index (χ3v) is 6.63. The first-order valence-electron chi connectivity index (χ1n) is 9.68. The van der Waals surface area contributed by atoms with Crippen LogP contribution in [0.5, 0.6) is 5.75 Å². The Balaban J connectivity index is 1.38. The Morgan fingerprint density at radius 1 is 1.19 bits per heavy atom. The summed E-state index contributed by atoms with van der Waals surface area (Å²) >= 11 is 1.60. The van der Waals surface area contributed by atoms with Crippen molar-refractivity contribution < 1.29 is 24.0 Å². The number of rotatable bonds is 7. The van der Waals surface area contributed by atoms with Crippen LogP contribution in [0.15, 0.2) is 65.9 Å². The third kappa shape index (κ3) is 4.27. The van der Waals surface area contributed by atoms with Gasteiger partial charge in [-0.05, 0) is 42.3 Å². The van der Waals surface area contributed by atoms with E-state index in [-0.39, 0.29) is 41.8 Å². The van der Waals surface area contributed by atoms with Crippen LogP contribution in [-0.2, 0) is 20.9 Å². The fraction of sp³-hybridized carbons (Fsp3) is 0.273. The number of β-lactam (4-membered cyclic amide) rings is 1. The van der Waals surface area contributed by atoms with E-state index in [2.05, 4.69) is 0 Å². The van der Waals surface area contributed by atoms with E-state index in [9.17, 15) is 19.7 Å². The highest BCUT2D eigenvalue weighted by molar-refractivity contribution is 8.00. The van der Waals surface area contributed by atoms with Gasteiger partial charge in [-0.2, -0.15) is 0 Å². The predicted molar refractivity (Wildman–Crippen MR) is 114 cm³/mol. The average molecular weight is 440 g/mol. The monoisotopic (exact) mass is 440 g/mol. The van der Waals surface area contributed by atoms with Crippen LogP contribution in [0.2, 0.25) is 0 Å². The summed E-state index contributed by atoms with van der Waals surface area (Å²) in [6, 6.07) is 15.1. The molecule has 0 saturated carbocycles. The Kier molecular flexibility index (Phi) is 5.94. The molecule has 2 aliphatic rings. The minimum absolute atomic E-state index is 0.0317. The highest BCUT2D eigenvalue weighted by Crippen LogP contribution is 2.44. The van der Waals surface area contributed by atoms with Crippen molar-refractivity contribution in [1.82, 2.24) is 4.90 Å². The zero-order valence-corrected chi connectivity index (χ0v) is 17.5. The molecule has 31 heavy (non-hydrogen) atoms. The van der Waals surface area contributed by atoms with Gasteiger partial charge in [0.25, 0.3) is 5.69 Å². The first-order chi connectivity index (χ1) is 15.0. The number of nitro benzene ring substituents is 1. The average Bonchev–Trinajstić information content (AvgIpc) is 2.78. The lowest BCUT2D eigenvalue weighted by atomic mass is 9.96. The highest BCUT2D eigenvalue weighted by atomic mass is 32.2. The summed E-state index contributed by atoms with van der Waals surface area (Å²) < 4.78 is 11.1. The minimum Gasteiger partial charge on any atom is -0.493 e. The van der Waals surface area contributed by atoms with Gasteiger partial charge in [-0.1, -0.05) is 18.2 Å². The molecule has 0 radical (unpaired) electrons. The molecule has 9 heteroatoms. The van der Waals surface area contributed by atoms with Crippen LogP contribution in [0, 0.1) is 16.0 Å². The van der Waals surface area contributed by atoms with Crippen LogP contribution in [0.25, 0.3) is 0 Å². The lowest BCUT2D eigenvalue weighted by molar-refractivity contribution is -0.384. The molecule has 0 bridgehead atoms. The first kappa shape index (κ1) is 20.9. The number of para-hydroxylation sites is 1. The first-order valence-corrected chi connectivity index (χ1v) is 10.7. The summed E-state index contributed by atoms with van der Waals surface area (Å²) in [6.45, 7) is 2.03. The van der Waals surface area contributed by atoms with E-state index in [1.54, 1.807) is 11.8 Å². The summed E-state index contributed by atoms with van der Waals surface area (Å²) in [5.41, 5.74) is 1.66. The van der Waals surface area contributed by atoms with Crippen LogP contribution in [0.4, 0.5) is 5.69 Å². The lowest BCUT2D eigenvalue weighted by Crippen LogP contribution is -2.63. The molecule has 4 rings (SSSR count). The normalized spacial score (nSPS) is 20.0. The highest BCUT2D eigenvalue weighted by Gasteiger charge is 2.53. The number of ether oxygens (including phenoxy) is 2. The molecule has 160 valence electrons. The Morgan fingerprint density at radius 2 is 1.90 bits per heavy atom. The zero-order valence-electron chi connectivity index (χ0n) is 16.7. The lowest BCUT2D eigenvalue weighted by Gasteiger charge is -2.49. The van der Waals surface area contributed by atoms with Crippen LogP contribution in [0.1, 0.15) is 12.5 Å². The van der Waals surface area contributed by atoms with Crippen LogP contribution < -0.4 is 4.74 Å². The smallest absolute Gasteiger partial charge is 0.355 e. The molecule has 2 atom stereocenters. The number of hydrogen-bond acceptors (Lipinski definition) is 7. The second kappa shape index (κ2) is 8.81. The van der Waals surface area contributed by atoms with E-state index in [1.807, 2.05) is 37.3 Å². The van der Waals surface area contributed by atoms with Gasteiger partial charge >= 0.3 is 5.97 Å². The van der Waals surface area contributed by atoms with Crippen molar-refractivity contribution in [3.63, 3.8) is 0 Å². The molecule has 2 aromatic carbocycles. The standard InChI is InChI=1S/C22H20N2O6S/c1-14-13-31-21-18(12-29-17-5-3-2-4-6-17)20(25)23(21)19(14)22(26)30-11-15-7-9-16(10-8-15)24(27)28/h2-10,18,21H,11-13H2,1H3/t18?,21-/m0/s1. The number of thioether (sulfide) groups is 1. The maximum Gasteiger partial charge on any atom is 0.355 e. The summed E-state index contributed by atoms with van der Waals surface area (Å²) in [6.07, 6.45) is 0. The Labute approximate surface area is 183 Å². The van der Waals surface area contributed by atoms with Gasteiger partial charge < -0.3 is 9.47 Å². The second-order valence-corrected chi connectivity index (χ2v) is 8.37. The molecule has 0 N–H and O–H groups in total. The van der Waals surface area contributed by atoms with Crippen LogP contribution in [0.3, 0.4) is 0 Å². The van der Waals surface area contributed by atoms with Crippen LogP contribution >= 0.6 is 11.8 Å². The molecular weight excluding hydrogens is 420 g/mol. The van der Waals surface area contributed by atoms with Crippen LogP contribution in [-0.4, -0.2) is 39.4 Å². The minimum atomic E-state index is -0.572. The molecule has 1 saturated heterocycles. The van der Waals surface area contributed by atoms with E-state index in [0.717, 1.165) is 5.57 Å². The molecule has 0 aliphatic carbocycles. The Hall–Kier alpha value is -3.33. The molecule has 2 heterocycles. The zero-order chi connectivity index (χ0) is 22.0. The van der Waals surface area contributed by atoms with Gasteiger partial charge in [-0.25, -0.2) is 4.79 Å². The third-order valence-electron chi connectivity index (χ3n) is 5.15. The molecule has 1 amide bonds. The number of carbonyl (C=O) groups excluding carboxylic acids is 2. The van der Waals surface area contributed by atoms with Crippen molar-refractivity contribution in [2.75, 3.05) is 12.4 Å². The molecule has 0 spiro atoms. The van der Waals surface area contributed by atoms with Gasteiger partial charge in [-0.15, -0.1) is 11.8 Å². The van der Waals surface area contributed by atoms with E-state index >= 15 is 0 Å². The van der Waals surface area contributed by atoms with Gasteiger partial charge in [0.05, 0.1) is 10.3 Å². The van der Waals surface area contributed by atoms with Gasteiger partial charge in [0.15, 0.2) is 0 Å². The predicted octanol–water partition coefficient (Wildman–Crippen LogP) is 3.52. The largest absolute Gasteiger partial charge is 0.493 e. The van der Waals surface area contributed by atoms with Crippen molar-refractivity contribution in [1.29, 1.82) is 0 Å². The van der Waals surface area contributed by atoms with Gasteiger partial charge in [0.1, 0.15) is 30.6 Å². The van der Waals surface area contributed by atoms with Crippen molar-refractivity contribution in [3.05, 3.63) is 81.5 Å². The summed E-state index contributed by atoms with van der Waals surface area (Å²) in [4.78, 5) is 37.3. The fourth-order valence-electron chi connectivity index (χ4n) is 3.50. The van der Waals surface area contributed by atoms with Gasteiger partial charge in [0, 0.05) is 17.9 Å². The van der Waals surface area contributed by atoms with Gasteiger partial charge in [-0.3, -0.25) is 19.8 Å². The van der Waals surface area contributed by atoms with E-state index in [4.69, 9.17) is 9.47 Å².